The minimum atomic E-state index is -3.21. The SMILES string of the molecule is O=S1(=O)CCC(c2ccc3ccccc3c2)=N1. The number of hydrogen-bond donors (Lipinski definition) is 0. The Labute approximate surface area is 99.9 Å². The summed E-state index contributed by atoms with van der Waals surface area (Å²) in [6, 6.07) is 13.9. The van der Waals surface area contributed by atoms with E-state index in [1.165, 1.54) is 0 Å². The Bertz CT molecular complexity index is 717. The van der Waals surface area contributed by atoms with Crippen LogP contribution in [0.3, 0.4) is 0 Å². The first kappa shape index (κ1) is 10.5. The summed E-state index contributed by atoms with van der Waals surface area (Å²) in [6.07, 6.45) is 0.515. The third kappa shape index (κ3) is 1.96. The zero-order chi connectivity index (χ0) is 11.9. The van der Waals surface area contributed by atoms with Gasteiger partial charge >= 0.3 is 0 Å². The van der Waals surface area contributed by atoms with E-state index in [9.17, 15) is 8.42 Å². The zero-order valence-electron chi connectivity index (χ0n) is 9.13. The molecule has 0 radical (unpaired) electrons. The van der Waals surface area contributed by atoms with Crippen molar-refractivity contribution in [1.82, 2.24) is 0 Å². The van der Waals surface area contributed by atoms with Crippen LogP contribution in [0.1, 0.15) is 12.0 Å². The van der Waals surface area contributed by atoms with Crippen LogP contribution in [0.5, 0.6) is 0 Å². The summed E-state index contributed by atoms with van der Waals surface area (Å²) in [5.74, 6) is 0.134. The van der Waals surface area contributed by atoms with Crippen molar-refractivity contribution in [3.63, 3.8) is 0 Å². The van der Waals surface area contributed by atoms with E-state index < -0.39 is 10.0 Å². The fraction of sp³-hybridized carbons (Fsp3) is 0.154. The highest BCUT2D eigenvalue weighted by atomic mass is 32.2. The van der Waals surface area contributed by atoms with Gasteiger partial charge in [-0.15, -0.1) is 0 Å². The highest BCUT2D eigenvalue weighted by Crippen LogP contribution is 2.20. The summed E-state index contributed by atoms with van der Waals surface area (Å²) in [6.45, 7) is 0. The molecule has 0 aliphatic carbocycles. The maximum Gasteiger partial charge on any atom is 0.253 e. The van der Waals surface area contributed by atoms with Crippen LogP contribution in [0.15, 0.2) is 46.9 Å². The third-order valence-corrected chi connectivity index (χ3v) is 4.15. The first-order valence-corrected chi connectivity index (χ1v) is 7.06. The zero-order valence-corrected chi connectivity index (χ0v) is 9.94. The average molecular weight is 245 g/mol. The Kier molecular flexibility index (Phi) is 2.26. The van der Waals surface area contributed by atoms with E-state index in [-0.39, 0.29) is 5.75 Å². The van der Waals surface area contributed by atoms with Crippen molar-refractivity contribution >= 4 is 26.5 Å². The molecule has 0 saturated heterocycles. The lowest BCUT2D eigenvalue weighted by atomic mass is 10.0. The molecule has 1 aliphatic heterocycles. The Morgan fingerprint density at radius 2 is 1.76 bits per heavy atom. The van der Waals surface area contributed by atoms with E-state index >= 15 is 0 Å². The van der Waals surface area contributed by atoms with Gasteiger partial charge in [0.2, 0.25) is 0 Å². The lowest BCUT2D eigenvalue weighted by Crippen LogP contribution is -1.96. The van der Waals surface area contributed by atoms with Crippen LogP contribution in [0.4, 0.5) is 0 Å². The second-order valence-corrected chi connectivity index (χ2v) is 5.89. The number of sulfonamides is 1. The van der Waals surface area contributed by atoms with Crippen LogP contribution < -0.4 is 0 Å². The molecule has 0 spiro atoms. The second kappa shape index (κ2) is 3.67. The van der Waals surface area contributed by atoms with Gasteiger partial charge in [0.15, 0.2) is 0 Å². The molecule has 3 rings (SSSR count). The van der Waals surface area contributed by atoms with Crippen molar-refractivity contribution in [3.8, 4) is 0 Å². The molecule has 0 atom stereocenters. The highest BCUT2D eigenvalue weighted by Gasteiger charge is 2.21. The Morgan fingerprint density at radius 1 is 1.00 bits per heavy atom. The van der Waals surface area contributed by atoms with E-state index in [1.54, 1.807) is 0 Å². The van der Waals surface area contributed by atoms with E-state index in [1.807, 2.05) is 42.5 Å². The van der Waals surface area contributed by atoms with Gasteiger partial charge < -0.3 is 0 Å². The fourth-order valence-corrected chi connectivity index (χ4v) is 3.13. The molecular formula is C13H11NO2S. The minimum absolute atomic E-state index is 0.134. The molecule has 0 fully saturated rings. The average Bonchev–Trinajstić information content (AvgIpc) is 2.69. The molecule has 0 N–H and O–H groups in total. The number of rotatable bonds is 1. The molecule has 1 aliphatic rings. The van der Waals surface area contributed by atoms with Crippen LogP contribution in [0.25, 0.3) is 10.8 Å². The van der Waals surface area contributed by atoms with Crippen molar-refractivity contribution in [2.45, 2.75) is 6.42 Å². The summed E-state index contributed by atoms with van der Waals surface area (Å²) in [4.78, 5) is 0. The summed E-state index contributed by atoms with van der Waals surface area (Å²) < 4.78 is 26.4. The maximum atomic E-state index is 11.3. The predicted molar refractivity (Wildman–Crippen MR) is 68.9 cm³/mol. The first-order valence-electron chi connectivity index (χ1n) is 5.45. The molecule has 0 bridgehead atoms. The van der Waals surface area contributed by atoms with Crippen LogP contribution in [-0.2, 0) is 10.0 Å². The number of hydrogen-bond acceptors (Lipinski definition) is 2. The number of fused-ring (bicyclic) bond motifs is 1. The second-order valence-electron chi connectivity index (χ2n) is 4.14. The fourth-order valence-electron chi connectivity index (χ4n) is 2.05. The number of benzene rings is 2. The molecular weight excluding hydrogens is 234 g/mol. The molecule has 17 heavy (non-hydrogen) atoms. The molecule has 0 amide bonds. The standard InChI is InChI=1S/C13H11NO2S/c15-17(16)8-7-13(14-17)12-6-5-10-3-1-2-4-11(10)9-12/h1-6,9H,7-8H2. The molecule has 0 saturated carbocycles. The molecule has 4 heteroatoms. The summed E-state index contributed by atoms with van der Waals surface area (Å²) >= 11 is 0. The van der Waals surface area contributed by atoms with Crippen LogP contribution in [0, 0.1) is 0 Å². The van der Waals surface area contributed by atoms with Gasteiger partial charge in [0.25, 0.3) is 10.0 Å². The van der Waals surface area contributed by atoms with Gasteiger partial charge in [0.05, 0.1) is 11.5 Å². The van der Waals surface area contributed by atoms with Crippen molar-refractivity contribution in [1.29, 1.82) is 0 Å². The van der Waals surface area contributed by atoms with E-state index in [4.69, 9.17) is 0 Å². The summed E-state index contributed by atoms with van der Waals surface area (Å²) in [5, 5.41) is 2.26. The Balaban J connectivity index is 2.14. The Morgan fingerprint density at radius 3 is 2.47 bits per heavy atom. The van der Waals surface area contributed by atoms with Gasteiger partial charge in [-0.3, -0.25) is 0 Å². The first-order chi connectivity index (χ1) is 8.14. The van der Waals surface area contributed by atoms with Crippen LogP contribution in [0.2, 0.25) is 0 Å². The summed E-state index contributed by atoms with van der Waals surface area (Å²) in [7, 11) is -3.21. The van der Waals surface area contributed by atoms with Crippen LogP contribution >= 0.6 is 0 Å². The number of nitrogens with zero attached hydrogens (tertiary/aromatic N) is 1. The van der Waals surface area contributed by atoms with Crippen molar-refractivity contribution < 1.29 is 8.42 Å². The van der Waals surface area contributed by atoms with Gasteiger partial charge in [-0.05, 0) is 22.4 Å². The smallest absolute Gasteiger partial charge is 0.205 e. The van der Waals surface area contributed by atoms with Crippen LogP contribution in [-0.4, -0.2) is 19.9 Å². The third-order valence-electron chi connectivity index (χ3n) is 2.93. The largest absolute Gasteiger partial charge is 0.253 e. The van der Waals surface area contributed by atoms with Gasteiger partial charge in [-0.1, -0.05) is 36.4 Å². The van der Waals surface area contributed by atoms with Crippen molar-refractivity contribution in [3.05, 3.63) is 48.0 Å². The Hall–Kier alpha value is -1.68. The quantitative estimate of drug-likeness (QED) is 0.774. The lowest BCUT2D eigenvalue weighted by Gasteiger charge is -2.02. The van der Waals surface area contributed by atoms with E-state index in [2.05, 4.69) is 4.40 Å². The van der Waals surface area contributed by atoms with Gasteiger partial charge in [0.1, 0.15) is 0 Å². The summed E-state index contributed by atoms with van der Waals surface area (Å²) in [5.41, 5.74) is 1.58. The molecule has 3 nitrogen and oxygen atoms in total. The van der Waals surface area contributed by atoms with E-state index in [0.717, 1.165) is 16.3 Å². The van der Waals surface area contributed by atoms with Crippen molar-refractivity contribution in [2.75, 3.05) is 5.75 Å². The van der Waals surface area contributed by atoms with E-state index in [0.29, 0.717) is 12.1 Å². The molecule has 2 aromatic carbocycles. The topological polar surface area (TPSA) is 46.5 Å². The minimum Gasteiger partial charge on any atom is -0.205 e. The van der Waals surface area contributed by atoms with Gasteiger partial charge in [-0.25, -0.2) is 8.42 Å². The van der Waals surface area contributed by atoms with Crippen molar-refractivity contribution in [2.24, 2.45) is 4.40 Å². The molecule has 0 unspecified atom stereocenters. The predicted octanol–water partition coefficient (Wildman–Crippen LogP) is 2.36. The van der Waals surface area contributed by atoms with Gasteiger partial charge in [-0.2, -0.15) is 4.40 Å². The molecule has 2 aromatic rings. The highest BCUT2D eigenvalue weighted by molar-refractivity contribution is 7.90. The molecule has 1 heterocycles. The molecule has 86 valence electrons. The van der Waals surface area contributed by atoms with Gasteiger partial charge in [0, 0.05) is 6.42 Å². The lowest BCUT2D eigenvalue weighted by molar-refractivity contribution is 0.600. The molecule has 0 aromatic heterocycles. The maximum absolute atomic E-state index is 11.3. The normalized spacial score (nSPS) is 18.2. The monoisotopic (exact) mass is 245 g/mol.